The Kier molecular flexibility index (Phi) is 4.90. The first-order valence-electron chi connectivity index (χ1n) is 7.09. The van der Waals surface area contributed by atoms with Gasteiger partial charge in [0.1, 0.15) is 0 Å². The van der Waals surface area contributed by atoms with Gasteiger partial charge in [0.2, 0.25) is 5.89 Å². The molecule has 1 aromatic carbocycles. The highest BCUT2D eigenvalue weighted by Gasteiger charge is 2.10. The Morgan fingerprint density at radius 1 is 1.15 bits per heavy atom. The quantitative estimate of drug-likeness (QED) is 0.821. The number of benzene rings is 1. The maximum atomic E-state index is 5.25. The van der Waals surface area contributed by atoms with Crippen LogP contribution in [0.5, 0.6) is 0 Å². The number of hydrogen-bond acceptors (Lipinski definition) is 4. The van der Waals surface area contributed by atoms with E-state index in [1.54, 1.807) is 0 Å². The lowest BCUT2D eigenvalue weighted by Gasteiger charge is -2.17. The molecule has 20 heavy (non-hydrogen) atoms. The average Bonchev–Trinajstić information content (AvgIpc) is 2.82. The summed E-state index contributed by atoms with van der Waals surface area (Å²) >= 11 is 0. The Balaban J connectivity index is 1.78. The Morgan fingerprint density at radius 3 is 2.60 bits per heavy atom. The maximum absolute atomic E-state index is 5.25. The van der Waals surface area contributed by atoms with E-state index in [9.17, 15) is 0 Å². The molecule has 0 bridgehead atoms. The molecule has 0 aliphatic heterocycles. The van der Waals surface area contributed by atoms with Crippen LogP contribution in [0.2, 0.25) is 0 Å². The van der Waals surface area contributed by atoms with Crippen molar-refractivity contribution in [3.63, 3.8) is 0 Å². The third-order valence-electron chi connectivity index (χ3n) is 3.04. The molecule has 0 unspecified atom stereocenters. The summed E-state index contributed by atoms with van der Waals surface area (Å²) in [5.74, 6) is 1.40. The minimum absolute atomic E-state index is 0.348. The van der Waals surface area contributed by atoms with Crippen LogP contribution < -0.4 is 5.32 Å². The van der Waals surface area contributed by atoms with Crippen molar-refractivity contribution in [1.29, 1.82) is 0 Å². The second-order valence-corrected chi connectivity index (χ2v) is 6.25. The fourth-order valence-corrected chi connectivity index (χ4v) is 1.87. The molecule has 0 fully saturated rings. The summed E-state index contributed by atoms with van der Waals surface area (Å²) in [5.41, 5.74) is 1.54. The third-order valence-corrected chi connectivity index (χ3v) is 3.04. The smallest absolute Gasteiger partial charge is 0.240 e. The van der Waals surface area contributed by atoms with Crippen molar-refractivity contribution in [2.24, 2.45) is 5.41 Å². The van der Waals surface area contributed by atoms with E-state index in [0.717, 1.165) is 18.8 Å². The molecule has 0 atom stereocenters. The molecule has 2 aromatic rings. The number of rotatable bonds is 6. The molecule has 4 nitrogen and oxygen atoms in total. The second-order valence-electron chi connectivity index (χ2n) is 6.25. The number of nitrogens with one attached hydrogen (secondary N) is 1. The first kappa shape index (κ1) is 14.7. The van der Waals surface area contributed by atoms with Gasteiger partial charge in [-0.05, 0) is 23.9 Å². The highest BCUT2D eigenvalue weighted by Crippen LogP contribution is 2.17. The lowest BCUT2D eigenvalue weighted by atomic mass is 9.92. The van der Waals surface area contributed by atoms with Crippen molar-refractivity contribution in [2.75, 3.05) is 6.54 Å². The number of nitrogens with zero attached hydrogens (tertiary/aromatic N) is 2. The molecule has 0 amide bonds. The van der Waals surface area contributed by atoms with E-state index >= 15 is 0 Å². The van der Waals surface area contributed by atoms with Crippen LogP contribution in [0.25, 0.3) is 0 Å². The van der Waals surface area contributed by atoms with Gasteiger partial charge in [-0.25, -0.2) is 0 Å². The first-order chi connectivity index (χ1) is 9.53. The van der Waals surface area contributed by atoms with Gasteiger partial charge in [0, 0.05) is 6.42 Å². The summed E-state index contributed by atoms with van der Waals surface area (Å²) < 4.78 is 5.25. The van der Waals surface area contributed by atoms with E-state index in [4.69, 9.17) is 4.52 Å². The summed E-state index contributed by atoms with van der Waals surface area (Å²) in [7, 11) is 0. The minimum atomic E-state index is 0.348. The van der Waals surface area contributed by atoms with Gasteiger partial charge in [0.05, 0.1) is 6.54 Å². The average molecular weight is 273 g/mol. The molecule has 1 aromatic heterocycles. The highest BCUT2D eigenvalue weighted by atomic mass is 16.5. The molecule has 0 aliphatic rings. The van der Waals surface area contributed by atoms with Gasteiger partial charge in [-0.15, -0.1) is 0 Å². The number of hydrogen-bond donors (Lipinski definition) is 1. The van der Waals surface area contributed by atoms with E-state index in [0.29, 0.717) is 24.3 Å². The lowest BCUT2D eigenvalue weighted by Crippen LogP contribution is -2.20. The van der Waals surface area contributed by atoms with Gasteiger partial charge in [0.25, 0.3) is 0 Å². The molecular weight excluding hydrogens is 250 g/mol. The second kappa shape index (κ2) is 6.66. The monoisotopic (exact) mass is 273 g/mol. The number of aromatic nitrogens is 2. The van der Waals surface area contributed by atoms with Crippen LogP contribution >= 0.6 is 0 Å². The summed E-state index contributed by atoms with van der Waals surface area (Å²) in [6.45, 7) is 8.30. The molecule has 1 N–H and O–H groups in total. The van der Waals surface area contributed by atoms with Crippen molar-refractivity contribution in [2.45, 2.75) is 40.2 Å². The first-order valence-corrected chi connectivity index (χ1v) is 7.09. The fraction of sp³-hybridized carbons (Fsp3) is 0.500. The van der Waals surface area contributed by atoms with Crippen LogP contribution in [0.3, 0.4) is 0 Å². The molecule has 0 saturated carbocycles. The fourth-order valence-electron chi connectivity index (χ4n) is 1.87. The van der Waals surface area contributed by atoms with Crippen molar-refractivity contribution in [1.82, 2.24) is 15.5 Å². The van der Waals surface area contributed by atoms with Crippen LogP contribution in [0.15, 0.2) is 34.9 Å². The molecule has 1 heterocycles. The van der Waals surface area contributed by atoms with Gasteiger partial charge >= 0.3 is 0 Å². The Hall–Kier alpha value is -1.68. The zero-order valence-electron chi connectivity index (χ0n) is 12.5. The molecule has 108 valence electrons. The van der Waals surface area contributed by atoms with Crippen molar-refractivity contribution >= 4 is 0 Å². The summed E-state index contributed by atoms with van der Waals surface area (Å²) in [6, 6.07) is 10.2. The zero-order chi connectivity index (χ0) is 14.4. The van der Waals surface area contributed by atoms with Gasteiger partial charge in [-0.3, -0.25) is 0 Å². The topological polar surface area (TPSA) is 51.0 Å². The van der Waals surface area contributed by atoms with Crippen molar-refractivity contribution < 1.29 is 4.52 Å². The van der Waals surface area contributed by atoms with Gasteiger partial charge < -0.3 is 9.84 Å². The van der Waals surface area contributed by atoms with Crippen LogP contribution in [0.4, 0.5) is 0 Å². The standard InChI is InChI=1S/C16H23N3O/c1-16(2,3)9-10-17-12-15-18-14(19-20-15)11-13-7-5-4-6-8-13/h4-8,17H,9-12H2,1-3H3. The van der Waals surface area contributed by atoms with E-state index in [1.807, 2.05) is 18.2 Å². The summed E-state index contributed by atoms with van der Waals surface area (Å²) in [6.07, 6.45) is 1.84. The molecule has 0 radical (unpaired) electrons. The van der Waals surface area contributed by atoms with Crippen molar-refractivity contribution in [3.05, 3.63) is 47.6 Å². The third kappa shape index (κ3) is 5.13. The molecule has 0 saturated heterocycles. The van der Waals surface area contributed by atoms with Gasteiger partial charge in [0.15, 0.2) is 5.82 Å². The SMILES string of the molecule is CC(C)(C)CCNCc1nc(Cc2ccccc2)no1. The Bertz CT molecular complexity index is 514. The zero-order valence-corrected chi connectivity index (χ0v) is 12.5. The van der Waals surface area contributed by atoms with E-state index in [2.05, 4.69) is 48.4 Å². The molecule has 0 spiro atoms. The molecule has 0 aliphatic carbocycles. The van der Waals surface area contributed by atoms with Crippen LogP contribution in [-0.2, 0) is 13.0 Å². The summed E-state index contributed by atoms with van der Waals surface area (Å²) in [4.78, 5) is 4.40. The van der Waals surface area contributed by atoms with Crippen LogP contribution in [-0.4, -0.2) is 16.7 Å². The van der Waals surface area contributed by atoms with Gasteiger partial charge in [-0.2, -0.15) is 4.98 Å². The van der Waals surface area contributed by atoms with Gasteiger partial charge in [-0.1, -0.05) is 56.3 Å². The minimum Gasteiger partial charge on any atom is -0.338 e. The largest absolute Gasteiger partial charge is 0.338 e. The van der Waals surface area contributed by atoms with Crippen LogP contribution in [0, 0.1) is 5.41 Å². The normalized spacial score (nSPS) is 11.8. The van der Waals surface area contributed by atoms with E-state index < -0.39 is 0 Å². The van der Waals surface area contributed by atoms with E-state index in [1.165, 1.54) is 5.56 Å². The Labute approximate surface area is 120 Å². The predicted octanol–water partition coefficient (Wildman–Crippen LogP) is 3.19. The summed E-state index contributed by atoms with van der Waals surface area (Å²) in [5, 5.41) is 7.35. The molecular formula is C16H23N3O. The lowest BCUT2D eigenvalue weighted by molar-refractivity contribution is 0.341. The maximum Gasteiger partial charge on any atom is 0.240 e. The van der Waals surface area contributed by atoms with E-state index in [-0.39, 0.29) is 0 Å². The predicted molar refractivity (Wildman–Crippen MR) is 79.3 cm³/mol. The Morgan fingerprint density at radius 2 is 1.90 bits per heavy atom. The molecule has 2 rings (SSSR count). The van der Waals surface area contributed by atoms with Crippen LogP contribution in [0.1, 0.15) is 44.5 Å². The highest BCUT2D eigenvalue weighted by molar-refractivity contribution is 5.18. The van der Waals surface area contributed by atoms with Crippen molar-refractivity contribution in [3.8, 4) is 0 Å². The molecule has 4 heteroatoms.